The first-order chi connectivity index (χ1) is 20.1. The maximum Gasteiger partial charge on any atom is 0.407 e. The highest BCUT2D eigenvalue weighted by Gasteiger charge is 2.40. The van der Waals surface area contributed by atoms with Crippen molar-refractivity contribution in [3.05, 3.63) is 35.9 Å². The summed E-state index contributed by atoms with van der Waals surface area (Å²) in [6.07, 6.45) is 1.71. The number of nitrogens with zero attached hydrogens (tertiary/aromatic N) is 1. The van der Waals surface area contributed by atoms with Crippen molar-refractivity contribution in [1.82, 2.24) is 15.5 Å². The number of hydrogen-bond acceptors (Lipinski definition) is 9. The number of Topliss-reactive ketones (excluding diaryl/α,β-unsaturated/α-hetero) is 1. The monoisotopic (exact) mass is 603 g/mol. The molecule has 0 aromatic heterocycles. The number of alkyl carbamates (subject to hydrolysis) is 1. The molecule has 0 saturated carbocycles. The molecule has 2 rings (SSSR count). The van der Waals surface area contributed by atoms with E-state index in [0.717, 1.165) is 0 Å². The van der Waals surface area contributed by atoms with Crippen LogP contribution in [0.5, 0.6) is 0 Å². The van der Waals surface area contributed by atoms with Gasteiger partial charge in [0.15, 0.2) is 5.78 Å². The van der Waals surface area contributed by atoms with E-state index in [1.54, 1.807) is 78.8 Å². The maximum atomic E-state index is 14.0. The molecule has 1 aromatic rings. The molecule has 1 aromatic carbocycles. The Bertz CT molecular complexity index is 1090. The number of unbranched alkanes of at least 4 members (excludes halogenated alkanes) is 1. The zero-order valence-electron chi connectivity index (χ0n) is 26.7. The minimum absolute atomic E-state index is 0.109. The lowest BCUT2D eigenvalue weighted by atomic mass is 10.0. The number of benzene rings is 1. The molecule has 2 amide bonds. The van der Waals surface area contributed by atoms with Gasteiger partial charge in [-0.15, -0.1) is 0 Å². The van der Waals surface area contributed by atoms with E-state index < -0.39 is 47.4 Å². The van der Waals surface area contributed by atoms with Gasteiger partial charge in [0.05, 0.1) is 12.6 Å². The van der Waals surface area contributed by atoms with E-state index in [0.29, 0.717) is 50.8 Å². The zero-order chi connectivity index (χ0) is 32.2. The highest BCUT2D eigenvalue weighted by Crippen LogP contribution is 2.23. The number of ketones is 1. The van der Waals surface area contributed by atoms with Crippen LogP contribution in [0.15, 0.2) is 30.3 Å². The van der Waals surface area contributed by atoms with Crippen LogP contribution < -0.4 is 10.6 Å². The quantitative estimate of drug-likeness (QED) is 0.139. The van der Waals surface area contributed by atoms with Gasteiger partial charge in [-0.05, 0) is 80.6 Å². The predicted molar refractivity (Wildman–Crippen MR) is 161 cm³/mol. The third-order valence-corrected chi connectivity index (χ3v) is 6.56. The summed E-state index contributed by atoms with van der Waals surface area (Å²) >= 11 is 0. The lowest BCUT2D eigenvalue weighted by Gasteiger charge is -2.31. The van der Waals surface area contributed by atoms with E-state index in [-0.39, 0.29) is 24.7 Å². The van der Waals surface area contributed by atoms with Crippen molar-refractivity contribution in [2.45, 2.75) is 116 Å². The van der Waals surface area contributed by atoms with E-state index >= 15 is 0 Å². The highest BCUT2D eigenvalue weighted by molar-refractivity contribution is 5.99. The van der Waals surface area contributed by atoms with Crippen molar-refractivity contribution in [3.63, 3.8) is 0 Å². The fourth-order valence-electron chi connectivity index (χ4n) is 4.72. The Balaban J connectivity index is 2.21. The molecular weight excluding hydrogens is 554 g/mol. The lowest BCUT2D eigenvalue weighted by molar-refractivity contribution is -0.163. The number of rotatable bonds is 14. The molecule has 0 radical (unpaired) electrons. The van der Waals surface area contributed by atoms with E-state index in [9.17, 15) is 24.0 Å². The number of amides is 2. The number of ether oxygens (including phenoxy) is 3. The SMILES string of the molecule is CCOC(=O)[C@H](CC(=O)c1ccccc1)N[C@@H](CCCCNC(=O)OC(C)(C)C)C(=O)N1CCC[C@H]1C(=O)OC(C)(C)C. The van der Waals surface area contributed by atoms with Gasteiger partial charge in [-0.2, -0.15) is 0 Å². The Morgan fingerprint density at radius 3 is 2.19 bits per heavy atom. The van der Waals surface area contributed by atoms with Crippen molar-refractivity contribution < 1.29 is 38.2 Å². The molecular formula is C32H49N3O8. The smallest absolute Gasteiger partial charge is 0.407 e. The average Bonchev–Trinajstić information content (AvgIpc) is 3.40. The topological polar surface area (TPSA) is 140 Å². The van der Waals surface area contributed by atoms with Gasteiger partial charge in [0.2, 0.25) is 5.91 Å². The molecule has 11 nitrogen and oxygen atoms in total. The number of nitrogens with one attached hydrogen (secondary N) is 2. The van der Waals surface area contributed by atoms with E-state index in [1.807, 2.05) is 0 Å². The zero-order valence-corrected chi connectivity index (χ0v) is 26.7. The maximum absolute atomic E-state index is 14.0. The Morgan fingerprint density at radius 1 is 0.930 bits per heavy atom. The van der Waals surface area contributed by atoms with Gasteiger partial charge >= 0.3 is 18.0 Å². The minimum atomic E-state index is -1.08. The summed E-state index contributed by atoms with van der Waals surface area (Å²) in [5.41, 5.74) is -0.884. The Hall–Kier alpha value is -3.47. The molecule has 1 aliphatic rings. The van der Waals surface area contributed by atoms with Crippen molar-refractivity contribution in [3.8, 4) is 0 Å². The number of likely N-dealkylation sites (tertiary alicyclic amines) is 1. The molecule has 1 fully saturated rings. The van der Waals surface area contributed by atoms with Gasteiger partial charge < -0.3 is 24.4 Å². The van der Waals surface area contributed by atoms with Crippen LogP contribution in [0.2, 0.25) is 0 Å². The van der Waals surface area contributed by atoms with Crippen LogP contribution in [-0.4, -0.2) is 83.6 Å². The molecule has 1 aliphatic heterocycles. The van der Waals surface area contributed by atoms with Gasteiger partial charge in [0.1, 0.15) is 23.3 Å². The van der Waals surface area contributed by atoms with Crippen LogP contribution >= 0.6 is 0 Å². The largest absolute Gasteiger partial charge is 0.465 e. The van der Waals surface area contributed by atoms with Gasteiger partial charge in [-0.1, -0.05) is 30.3 Å². The number of carbonyl (C=O) groups excluding carboxylic acids is 5. The van der Waals surface area contributed by atoms with Crippen molar-refractivity contribution in [1.29, 1.82) is 0 Å². The van der Waals surface area contributed by atoms with Gasteiger partial charge in [0.25, 0.3) is 0 Å². The molecule has 43 heavy (non-hydrogen) atoms. The predicted octanol–water partition coefficient (Wildman–Crippen LogP) is 4.18. The van der Waals surface area contributed by atoms with Crippen LogP contribution in [-0.2, 0) is 28.6 Å². The molecule has 1 heterocycles. The molecule has 240 valence electrons. The molecule has 0 aliphatic carbocycles. The van der Waals surface area contributed by atoms with Gasteiger partial charge in [-0.25, -0.2) is 9.59 Å². The van der Waals surface area contributed by atoms with Crippen LogP contribution in [0.3, 0.4) is 0 Å². The fraction of sp³-hybridized carbons (Fsp3) is 0.656. The van der Waals surface area contributed by atoms with Gasteiger partial charge in [-0.3, -0.25) is 19.7 Å². The second kappa shape index (κ2) is 16.4. The standard InChI is InChI=1S/C32H49N3O8/c1-8-41-28(38)24(21-26(36)22-15-10-9-11-16-22)34-23(17-12-13-19-33-30(40)43-32(5,6)7)27(37)35-20-14-18-25(35)29(39)42-31(2,3)4/h9-11,15-16,23-25,34H,8,12-14,17-21H2,1-7H3,(H,33,40)/t23-,24-,25-/m0/s1. The molecule has 1 saturated heterocycles. The Kier molecular flexibility index (Phi) is 13.6. The third kappa shape index (κ3) is 12.7. The van der Waals surface area contributed by atoms with E-state index in [4.69, 9.17) is 14.2 Å². The van der Waals surface area contributed by atoms with Crippen molar-refractivity contribution in [2.75, 3.05) is 19.7 Å². The van der Waals surface area contributed by atoms with Crippen LogP contribution in [0.4, 0.5) is 4.79 Å². The van der Waals surface area contributed by atoms with E-state index in [1.165, 1.54) is 4.90 Å². The summed E-state index contributed by atoms with van der Waals surface area (Å²) in [5, 5.41) is 5.81. The van der Waals surface area contributed by atoms with Crippen molar-refractivity contribution in [2.24, 2.45) is 0 Å². The number of carbonyl (C=O) groups is 5. The second-order valence-electron chi connectivity index (χ2n) is 12.7. The Morgan fingerprint density at radius 2 is 1.58 bits per heavy atom. The van der Waals surface area contributed by atoms with Crippen molar-refractivity contribution >= 4 is 29.7 Å². The molecule has 2 N–H and O–H groups in total. The molecule has 0 unspecified atom stereocenters. The van der Waals surface area contributed by atoms with Crippen LogP contribution in [0, 0.1) is 0 Å². The summed E-state index contributed by atoms with van der Waals surface area (Å²) in [5.74, 6) is -1.73. The minimum Gasteiger partial charge on any atom is -0.465 e. The number of esters is 2. The molecule has 0 bridgehead atoms. The lowest BCUT2D eigenvalue weighted by Crippen LogP contribution is -2.55. The van der Waals surface area contributed by atoms with Gasteiger partial charge in [0, 0.05) is 25.1 Å². The van der Waals surface area contributed by atoms with Crippen LogP contribution in [0.1, 0.15) is 97.3 Å². The first kappa shape index (κ1) is 35.7. The second-order valence-corrected chi connectivity index (χ2v) is 12.7. The van der Waals surface area contributed by atoms with Crippen LogP contribution in [0.25, 0.3) is 0 Å². The summed E-state index contributed by atoms with van der Waals surface area (Å²) in [7, 11) is 0. The normalized spacial score (nSPS) is 16.6. The summed E-state index contributed by atoms with van der Waals surface area (Å²) in [4.78, 5) is 66.5. The molecule has 11 heteroatoms. The average molecular weight is 604 g/mol. The van der Waals surface area contributed by atoms with E-state index in [2.05, 4.69) is 10.6 Å². The first-order valence-corrected chi connectivity index (χ1v) is 15.1. The third-order valence-electron chi connectivity index (χ3n) is 6.56. The highest BCUT2D eigenvalue weighted by atomic mass is 16.6. The summed E-state index contributed by atoms with van der Waals surface area (Å²) in [6, 6.07) is 5.90. The molecule has 3 atom stereocenters. The first-order valence-electron chi connectivity index (χ1n) is 15.1. The fourth-order valence-corrected chi connectivity index (χ4v) is 4.72. The summed E-state index contributed by atoms with van der Waals surface area (Å²) in [6.45, 7) is 13.1. The summed E-state index contributed by atoms with van der Waals surface area (Å²) < 4.78 is 16.1. The molecule has 0 spiro atoms. The Labute approximate surface area is 255 Å². The number of hydrogen-bond donors (Lipinski definition) is 2.